The quantitative estimate of drug-likeness (QED) is 0.0357. The van der Waals surface area contributed by atoms with Crippen molar-refractivity contribution < 1.29 is 44.8 Å². The second-order valence-electron chi connectivity index (χ2n) is 26.1. The summed E-state index contributed by atoms with van der Waals surface area (Å²) < 4.78 is 0. The molecule has 0 heterocycles. The first kappa shape index (κ1) is 89.7. The van der Waals surface area contributed by atoms with Gasteiger partial charge in [-0.25, -0.2) is 0 Å². The van der Waals surface area contributed by atoms with Gasteiger partial charge in [-0.05, 0) is 143 Å². The maximum atomic E-state index is 2.23. The van der Waals surface area contributed by atoms with Gasteiger partial charge >= 0.3 is 22.4 Å². The largest absolute Gasteiger partial charge is 1.00 e. The minimum Gasteiger partial charge on any atom is -0.813 e. The molecule has 117 heavy (non-hydrogen) atoms. The van der Waals surface area contributed by atoms with E-state index in [-0.39, 0.29) is 58.3 Å². The zero-order valence-electron chi connectivity index (χ0n) is 64.7. The van der Waals surface area contributed by atoms with Crippen LogP contribution in [0.2, 0.25) is 0 Å². The van der Waals surface area contributed by atoms with Gasteiger partial charge in [-0.2, -0.15) is 0 Å². The maximum Gasteiger partial charge on any atom is 1.00 e. The van der Waals surface area contributed by atoms with Crippen molar-refractivity contribution in [2.75, 3.05) is 0 Å². The molecule has 0 fully saturated rings. The third kappa shape index (κ3) is 27.2. The van der Waals surface area contributed by atoms with Crippen molar-refractivity contribution in [3.05, 3.63) is 546 Å². The van der Waals surface area contributed by atoms with E-state index in [0.717, 1.165) is 0 Å². The van der Waals surface area contributed by atoms with E-state index in [1.807, 2.05) is 0 Å². The molecule has 0 nitrogen and oxygen atoms in total. The van der Waals surface area contributed by atoms with Crippen LogP contribution in [0.5, 0.6) is 0 Å². The molecule has 0 atom stereocenters. The van der Waals surface area contributed by atoms with Gasteiger partial charge in [0, 0.05) is 22.4 Å². The monoisotopic (exact) mass is 2000 g/mol. The average molecular weight is 2000 g/mol. The molecule has 0 N–H and O–H groups in total. The second-order valence-corrected chi connectivity index (χ2v) is 39.4. The zero-order chi connectivity index (χ0) is 77.5. The fourth-order valence-corrected chi connectivity index (χ4v) is 26.9. The Morgan fingerprint density at radius 1 is 0.0855 bits per heavy atom. The fraction of sp³-hybridized carbons (Fsp3) is 0. The topological polar surface area (TPSA) is 0 Å². The third-order valence-electron chi connectivity index (χ3n) is 18.3. The molecule has 1 radical (unpaired) electrons. The Kier molecular flexibility index (Phi) is 39.0. The van der Waals surface area contributed by atoms with Crippen LogP contribution in [0.4, 0.5) is 0 Å². The minimum atomic E-state index is -0.446. The molecule has 0 aromatic heterocycles. The number of hydrogen-bond donors (Lipinski definition) is 0. The summed E-state index contributed by atoms with van der Waals surface area (Å²) in [6.07, 6.45) is 0. The average Bonchev–Trinajstić information content (AvgIpc) is 0.854. The number of rotatable bonds is 18. The van der Waals surface area contributed by atoms with Gasteiger partial charge in [0.15, 0.2) is 0 Å². The van der Waals surface area contributed by atoms with Crippen LogP contribution in [-0.2, 0) is 58.3 Å². The van der Waals surface area contributed by atoms with E-state index >= 15 is 0 Å². The Bertz CT molecular complexity index is 4080. The van der Waals surface area contributed by atoms with Crippen LogP contribution in [0.3, 0.4) is 0 Å². The van der Waals surface area contributed by atoms with E-state index in [2.05, 4.69) is 546 Å². The molecule has 18 rings (SSSR count). The third-order valence-corrected chi connectivity index (χ3v) is 32.9. The fourth-order valence-electron chi connectivity index (χ4n) is 13.1. The van der Waals surface area contributed by atoms with E-state index in [4.69, 9.17) is 0 Å². The number of hydrogen-bond acceptors (Lipinski definition) is 1. The van der Waals surface area contributed by atoms with Gasteiger partial charge in [-0.1, -0.05) is 546 Å². The van der Waals surface area contributed by atoms with Gasteiger partial charge in [0.2, 0.25) is 0 Å². The molecule has 0 spiro atoms. The van der Waals surface area contributed by atoms with Gasteiger partial charge in [-0.15, -0.1) is 0 Å². The summed E-state index contributed by atoms with van der Waals surface area (Å²) in [5.41, 5.74) is 0. The normalized spacial score (nSPS) is 10.3. The molecule has 0 aliphatic rings. The van der Waals surface area contributed by atoms with Crippen molar-refractivity contribution in [2.24, 2.45) is 0 Å². The summed E-state index contributed by atoms with van der Waals surface area (Å²) >= 11 is 0. The number of benzene rings is 18. The number of thiol groups is 1. The Hall–Kier alpha value is -9.63. The standard InChI is InChI=1S/6C18H15P.2Au.H2S/c6*1-4-10-16(11-5-1)19(17-12-6-2-7-13-17)18-14-8-3-9-15-18;;;/h6*1-15H;;;1H2/q;;;;;;;+1;/p-1. The van der Waals surface area contributed by atoms with Crippen molar-refractivity contribution in [2.45, 2.75) is 0 Å². The van der Waals surface area contributed by atoms with E-state index < -0.39 is 47.5 Å². The molecule has 0 saturated carbocycles. The Labute approximate surface area is 740 Å². The SMILES string of the molecule is [Au+].[Au].[SH-].c1ccc(P(c2ccccc2)c2ccccc2)cc1.c1ccc(P(c2ccccc2)c2ccccc2)cc1.c1ccc(P(c2ccccc2)c2ccccc2)cc1.c1ccc(P(c2ccccc2)c2ccccc2)cc1.c1ccc(P(c2ccccc2)c2ccccc2)cc1.c1ccc(P(c2ccccc2)c2ccccc2)cc1. The summed E-state index contributed by atoms with van der Waals surface area (Å²) in [5, 5.41) is 25.2. The first-order valence-corrected chi connectivity index (χ1v) is 46.5. The molecule has 0 saturated heterocycles. The van der Waals surface area contributed by atoms with Crippen LogP contribution in [0.1, 0.15) is 0 Å². The van der Waals surface area contributed by atoms with Crippen molar-refractivity contribution in [1.29, 1.82) is 0 Å². The molecule has 0 aliphatic heterocycles. The Morgan fingerprint density at radius 2 is 0.128 bits per heavy atom. The van der Waals surface area contributed by atoms with Crippen LogP contribution in [-0.4, -0.2) is 0 Å². The smallest absolute Gasteiger partial charge is 0.813 e. The maximum absolute atomic E-state index is 2.23. The summed E-state index contributed by atoms with van der Waals surface area (Å²) in [6, 6.07) is 194. The van der Waals surface area contributed by atoms with Crippen molar-refractivity contribution in [3.63, 3.8) is 0 Å². The van der Waals surface area contributed by atoms with Crippen molar-refractivity contribution >= 4 is 157 Å². The zero-order valence-corrected chi connectivity index (χ0v) is 75.3. The molecule has 581 valence electrons. The van der Waals surface area contributed by atoms with Gasteiger partial charge in [0.1, 0.15) is 0 Å². The Balaban J connectivity index is 0.000000147. The molecule has 0 bridgehead atoms. The summed E-state index contributed by atoms with van der Waals surface area (Å²) in [5.74, 6) is 0. The van der Waals surface area contributed by atoms with E-state index in [9.17, 15) is 0 Å². The minimum absolute atomic E-state index is 0. The van der Waals surface area contributed by atoms with E-state index in [0.29, 0.717) is 0 Å². The van der Waals surface area contributed by atoms with Gasteiger partial charge in [-0.3, -0.25) is 0 Å². The van der Waals surface area contributed by atoms with Crippen molar-refractivity contribution in [3.8, 4) is 0 Å². The van der Waals surface area contributed by atoms with Gasteiger partial charge in [0.25, 0.3) is 0 Å². The van der Waals surface area contributed by atoms with Crippen molar-refractivity contribution in [1.82, 2.24) is 0 Å². The molecule has 0 amide bonds. The molecule has 18 aromatic carbocycles. The van der Waals surface area contributed by atoms with Crippen LogP contribution in [0.25, 0.3) is 0 Å². The van der Waals surface area contributed by atoms with E-state index in [1.54, 1.807) is 0 Å². The van der Waals surface area contributed by atoms with Crippen LogP contribution >= 0.6 is 47.5 Å². The molecule has 9 heteroatoms. The van der Waals surface area contributed by atoms with Crippen LogP contribution in [0.15, 0.2) is 546 Å². The molecule has 0 unspecified atom stereocenters. The molecule has 18 aromatic rings. The van der Waals surface area contributed by atoms with E-state index in [1.165, 1.54) is 95.5 Å². The predicted molar refractivity (Wildman–Crippen MR) is 520 cm³/mol. The molecule has 0 aliphatic carbocycles. The van der Waals surface area contributed by atoms with Crippen LogP contribution in [0, 0.1) is 0 Å². The summed E-state index contributed by atoms with van der Waals surface area (Å²) in [6.45, 7) is 0. The van der Waals surface area contributed by atoms with Crippen LogP contribution < -0.4 is 95.5 Å². The Morgan fingerprint density at radius 3 is 0.171 bits per heavy atom. The summed E-state index contributed by atoms with van der Waals surface area (Å²) in [4.78, 5) is 0. The second kappa shape index (κ2) is 50.9. The predicted octanol–water partition coefficient (Wildman–Crippen LogP) is 20.4. The molecular weight excluding hydrogens is 1910 g/mol. The van der Waals surface area contributed by atoms with Gasteiger partial charge < -0.3 is 13.5 Å². The first-order valence-electron chi connectivity index (χ1n) is 38.4. The molecular formula is C108H91Au2P6S. The summed E-state index contributed by atoms with van der Waals surface area (Å²) in [7, 11) is -2.68. The van der Waals surface area contributed by atoms with Gasteiger partial charge in [0.05, 0.1) is 0 Å². The first-order chi connectivity index (χ1) is 56.7.